The highest BCUT2D eigenvalue weighted by molar-refractivity contribution is 5.84. The summed E-state index contributed by atoms with van der Waals surface area (Å²) in [6.07, 6.45) is 0. The number of rotatable bonds is 3. The summed E-state index contributed by atoms with van der Waals surface area (Å²) in [4.78, 5) is 13.3. The van der Waals surface area contributed by atoms with E-state index in [1.54, 1.807) is 24.3 Å². The molecule has 34 heavy (non-hydrogen) atoms. The Hall–Kier alpha value is -2.49. The standard InChI is InChI=1S/C30H44O4/c1-27(2,3)19-13-17(31)14-20(28(4,5)6)23(19)25(26(33)34)24-21(29(7,8)9)15-18(32)16-22(24)30(10,11)12/h13-16,25,31-32H,1-12H3,(H,33,34). The number of aliphatic carboxylic acids is 1. The van der Waals surface area contributed by atoms with Crippen LogP contribution in [0.3, 0.4) is 0 Å². The van der Waals surface area contributed by atoms with Gasteiger partial charge in [-0.25, -0.2) is 0 Å². The van der Waals surface area contributed by atoms with Gasteiger partial charge in [-0.15, -0.1) is 0 Å². The van der Waals surface area contributed by atoms with Crippen LogP contribution in [-0.4, -0.2) is 21.3 Å². The van der Waals surface area contributed by atoms with Crippen LogP contribution in [0, 0.1) is 0 Å². The second-order valence-electron chi connectivity index (χ2n) is 13.7. The Balaban J connectivity index is 3.25. The topological polar surface area (TPSA) is 77.8 Å². The van der Waals surface area contributed by atoms with Gasteiger partial charge in [-0.1, -0.05) is 83.1 Å². The van der Waals surface area contributed by atoms with Gasteiger partial charge in [0, 0.05) is 0 Å². The lowest BCUT2D eigenvalue weighted by molar-refractivity contribution is -0.137. The lowest BCUT2D eigenvalue weighted by Gasteiger charge is -2.37. The van der Waals surface area contributed by atoms with Gasteiger partial charge in [0.1, 0.15) is 17.4 Å². The van der Waals surface area contributed by atoms with E-state index in [-0.39, 0.29) is 11.5 Å². The van der Waals surface area contributed by atoms with E-state index < -0.39 is 33.5 Å². The molecule has 0 spiro atoms. The lowest BCUT2D eigenvalue weighted by atomic mass is 9.66. The van der Waals surface area contributed by atoms with Crippen molar-refractivity contribution in [2.24, 2.45) is 0 Å². The third-order valence-corrected chi connectivity index (χ3v) is 6.39. The monoisotopic (exact) mass is 468 g/mol. The van der Waals surface area contributed by atoms with Crippen molar-refractivity contribution in [3.05, 3.63) is 57.6 Å². The molecule has 0 amide bonds. The number of carboxylic acids is 1. The van der Waals surface area contributed by atoms with Gasteiger partial charge in [0.2, 0.25) is 0 Å². The van der Waals surface area contributed by atoms with Gasteiger partial charge in [0.25, 0.3) is 0 Å². The van der Waals surface area contributed by atoms with Crippen LogP contribution < -0.4 is 0 Å². The van der Waals surface area contributed by atoms with Gasteiger partial charge in [-0.05, 0) is 79.3 Å². The first-order valence-electron chi connectivity index (χ1n) is 12.1. The zero-order valence-corrected chi connectivity index (χ0v) is 23.1. The summed E-state index contributed by atoms with van der Waals surface area (Å²) in [5, 5.41) is 32.2. The molecule has 4 nitrogen and oxygen atoms in total. The average Bonchev–Trinajstić information content (AvgIpc) is 2.59. The molecule has 4 heteroatoms. The van der Waals surface area contributed by atoms with E-state index in [1.165, 1.54) is 0 Å². The molecule has 0 aromatic heterocycles. The molecule has 2 aromatic carbocycles. The van der Waals surface area contributed by atoms with E-state index in [9.17, 15) is 20.1 Å². The Bertz CT molecular complexity index is 929. The van der Waals surface area contributed by atoms with Crippen LogP contribution in [0.2, 0.25) is 0 Å². The van der Waals surface area contributed by atoms with Gasteiger partial charge in [-0.2, -0.15) is 0 Å². The van der Waals surface area contributed by atoms with Crippen LogP contribution in [0.25, 0.3) is 0 Å². The fourth-order valence-electron chi connectivity index (χ4n) is 4.77. The van der Waals surface area contributed by atoms with Crippen molar-refractivity contribution in [2.45, 2.75) is 111 Å². The summed E-state index contributed by atoms with van der Waals surface area (Å²) in [5.41, 5.74) is 3.13. The number of phenols is 2. The summed E-state index contributed by atoms with van der Waals surface area (Å²) < 4.78 is 0. The summed E-state index contributed by atoms with van der Waals surface area (Å²) >= 11 is 0. The molecule has 2 aromatic rings. The number of carbonyl (C=O) groups is 1. The van der Waals surface area contributed by atoms with Crippen molar-refractivity contribution in [2.75, 3.05) is 0 Å². The van der Waals surface area contributed by atoms with Gasteiger partial charge in [0.15, 0.2) is 0 Å². The highest BCUT2D eigenvalue weighted by atomic mass is 16.4. The molecule has 188 valence electrons. The molecule has 0 heterocycles. The normalized spacial score (nSPS) is 13.4. The fraction of sp³-hybridized carbons (Fsp3) is 0.567. The second-order valence-corrected chi connectivity index (χ2v) is 13.7. The minimum atomic E-state index is -0.965. The van der Waals surface area contributed by atoms with Crippen LogP contribution in [0.1, 0.15) is 122 Å². The predicted octanol–water partition coefficient (Wildman–Crippen LogP) is 7.50. The Labute approximate surface area is 206 Å². The molecule has 0 aliphatic carbocycles. The SMILES string of the molecule is CC(C)(C)c1cc(O)cc(C(C)(C)C)c1C(C(=O)O)c1c(C(C)(C)C)cc(O)cc1C(C)(C)C. The smallest absolute Gasteiger partial charge is 0.315 e. The number of aromatic hydroxyl groups is 2. The van der Waals surface area contributed by atoms with Crippen LogP contribution >= 0.6 is 0 Å². The Morgan fingerprint density at radius 2 is 0.765 bits per heavy atom. The van der Waals surface area contributed by atoms with E-state index in [1.807, 2.05) is 83.1 Å². The van der Waals surface area contributed by atoms with Gasteiger partial charge < -0.3 is 15.3 Å². The van der Waals surface area contributed by atoms with Gasteiger partial charge >= 0.3 is 5.97 Å². The third kappa shape index (κ3) is 5.59. The van der Waals surface area contributed by atoms with Gasteiger partial charge in [0.05, 0.1) is 0 Å². The van der Waals surface area contributed by atoms with E-state index in [4.69, 9.17) is 0 Å². The summed E-state index contributed by atoms with van der Waals surface area (Å²) in [7, 11) is 0. The molecule has 0 atom stereocenters. The zero-order chi connectivity index (χ0) is 26.6. The van der Waals surface area contributed by atoms with E-state index >= 15 is 0 Å². The van der Waals surface area contributed by atoms with Crippen LogP contribution in [0.4, 0.5) is 0 Å². The lowest BCUT2D eigenvalue weighted by Crippen LogP contribution is -2.31. The average molecular weight is 469 g/mol. The zero-order valence-electron chi connectivity index (χ0n) is 23.1. The van der Waals surface area contributed by atoms with Crippen molar-refractivity contribution < 1.29 is 20.1 Å². The number of benzene rings is 2. The summed E-state index contributed by atoms with van der Waals surface area (Å²) in [5.74, 6) is -1.63. The van der Waals surface area contributed by atoms with Crippen molar-refractivity contribution in [3.8, 4) is 11.5 Å². The molecule has 0 bridgehead atoms. The molecular weight excluding hydrogens is 424 g/mol. The number of carboxylic acid groups (broad SMARTS) is 1. The fourth-order valence-corrected chi connectivity index (χ4v) is 4.77. The third-order valence-electron chi connectivity index (χ3n) is 6.39. The second kappa shape index (κ2) is 8.62. The molecule has 0 saturated heterocycles. The maximum absolute atomic E-state index is 13.3. The highest BCUT2D eigenvalue weighted by Gasteiger charge is 2.40. The molecule has 0 aliphatic rings. The quantitative estimate of drug-likeness (QED) is 0.436. The predicted molar refractivity (Wildman–Crippen MR) is 140 cm³/mol. The molecule has 2 rings (SSSR count). The van der Waals surface area contributed by atoms with Crippen molar-refractivity contribution >= 4 is 5.97 Å². The molecule has 0 aliphatic heterocycles. The molecule has 0 unspecified atom stereocenters. The Morgan fingerprint density at radius 1 is 0.559 bits per heavy atom. The number of hydrogen-bond donors (Lipinski definition) is 3. The highest BCUT2D eigenvalue weighted by Crippen LogP contribution is 2.48. The molecule has 3 N–H and O–H groups in total. The molecule has 0 saturated carbocycles. The first-order valence-corrected chi connectivity index (χ1v) is 12.1. The Morgan fingerprint density at radius 3 is 0.912 bits per heavy atom. The first kappa shape index (κ1) is 27.8. The van der Waals surface area contributed by atoms with Crippen LogP contribution in [-0.2, 0) is 26.5 Å². The molecule has 0 radical (unpaired) electrons. The largest absolute Gasteiger partial charge is 0.508 e. The molecule has 0 fully saturated rings. The van der Waals surface area contributed by atoms with Crippen LogP contribution in [0.15, 0.2) is 24.3 Å². The summed E-state index contributed by atoms with van der Waals surface area (Å²) in [6, 6.07) is 6.87. The van der Waals surface area contributed by atoms with E-state index in [0.717, 1.165) is 33.4 Å². The summed E-state index contributed by atoms with van der Waals surface area (Å²) in [6.45, 7) is 24.5. The van der Waals surface area contributed by atoms with Crippen LogP contribution in [0.5, 0.6) is 11.5 Å². The van der Waals surface area contributed by atoms with Crippen molar-refractivity contribution in [1.29, 1.82) is 0 Å². The first-order chi connectivity index (χ1) is 15.1. The van der Waals surface area contributed by atoms with Crippen molar-refractivity contribution in [3.63, 3.8) is 0 Å². The minimum absolute atomic E-state index is 0.139. The maximum Gasteiger partial charge on any atom is 0.315 e. The minimum Gasteiger partial charge on any atom is -0.508 e. The number of phenolic OH excluding ortho intramolecular Hbond substituents is 2. The maximum atomic E-state index is 13.3. The Kier molecular flexibility index (Phi) is 7.04. The van der Waals surface area contributed by atoms with Crippen molar-refractivity contribution in [1.82, 2.24) is 0 Å². The molecular formula is C30H44O4. The van der Waals surface area contributed by atoms with Gasteiger partial charge in [-0.3, -0.25) is 4.79 Å². The van der Waals surface area contributed by atoms with E-state index in [0.29, 0.717) is 0 Å². The number of hydrogen-bond acceptors (Lipinski definition) is 3. The van der Waals surface area contributed by atoms with E-state index in [2.05, 4.69) is 0 Å².